The van der Waals surface area contributed by atoms with Crippen LogP contribution in [0.25, 0.3) is 0 Å². The molecule has 0 aliphatic rings. The number of sulfonamides is 1. The predicted octanol–water partition coefficient (Wildman–Crippen LogP) is 4.94. The zero-order valence-electron chi connectivity index (χ0n) is 16.4. The Morgan fingerprint density at radius 3 is 2.19 bits per heavy atom. The number of hydrogen-bond acceptors (Lipinski definition) is 4. The molecule has 148 valence electrons. The molecule has 0 saturated carbocycles. The molecule has 0 heterocycles. The van der Waals surface area contributed by atoms with Crippen LogP contribution in [0, 0.1) is 0 Å². The monoisotopic (exact) mass is 407 g/mol. The second kappa shape index (κ2) is 9.13. The minimum absolute atomic E-state index is 0.259. The fraction of sp³-hybridized carbons (Fsp3) is 0.429. The molecule has 2 aromatic rings. The third-order valence-corrected chi connectivity index (χ3v) is 7.74. The molecule has 0 spiro atoms. The minimum Gasteiger partial charge on any atom is -0.497 e. The normalized spacial score (nSPS) is 15.3. The minimum atomic E-state index is -3.74. The first-order chi connectivity index (χ1) is 12.8. The van der Waals surface area contributed by atoms with E-state index in [-0.39, 0.29) is 10.9 Å². The summed E-state index contributed by atoms with van der Waals surface area (Å²) in [4.78, 5) is 0.259. The molecule has 0 fully saturated rings. The topological polar surface area (TPSA) is 46.6 Å². The van der Waals surface area contributed by atoms with E-state index in [2.05, 4.69) is 19.6 Å². The van der Waals surface area contributed by atoms with Gasteiger partial charge in [0.1, 0.15) is 5.75 Å². The van der Waals surface area contributed by atoms with Gasteiger partial charge in [0.15, 0.2) is 0 Å². The van der Waals surface area contributed by atoms with Crippen LogP contribution in [0.15, 0.2) is 59.5 Å². The van der Waals surface area contributed by atoms with Crippen molar-refractivity contribution in [3.05, 3.63) is 60.2 Å². The van der Waals surface area contributed by atoms with Crippen molar-refractivity contribution in [2.24, 2.45) is 0 Å². The molecule has 4 nitrogen and oxygen atoms in total. The highest BCUT2D eigenvalue weighted by atomic mass is 32.2. The predicted molar refractivity (Wildman–Crippen MR) is 114 cm³/mol. The van der Waals surface area contributed by atoms with E-state index in [0.717, 1.165) is 18.4 Å². The van der Waals surface area contributed by atoms with Crippen molar-refractivity contribution in [3.63, 3.8) is 0 Å². The Hall–Kier alpha value is -1.50. The largest absolute Gasteiger partial charge is 0.497 e. The summed E-state index contributed by atoms with van der Waals surface area (Å²) in [6.07, 6.45) is 1.59. The van der Waals surface area contributed by atoms with Crippen LogP contribution in [0.5, 0.6) is 5.75 Å². The molecule has 0 N–H and O–H groups in total. The zero-order valence-corrected chi connectivity index (χ0v) is 18.1. The number of methoxy groups -OCH3 is 1. The Kier molecular flexibility index (Phi) is 7.37. The van der Waals surface area contributed by atoms with Crippen LogP contribution < -0.4 is 4.74 Å². The van der Waals surface area contributed by atoms with Crippen LogP contribution >= 0.6 is 12.6 Å². The fourth-order valence-electron chi connectivity index (χ4n) is 3.49. The Balaban J connectivity index is 2.59. The lowest BCUT2D eigenvalue weighted by molar-refractivity contribution is 0.174. The van der Waals surface area contributed by atoms with Gasteiger partial charge in [0, 0.05) is 17.3 Å². The summed E-state index contributed by atoms with van der Waals surface area (Å²) in [5, 5.41) is 0. The molecule has 0 aromatic heterocycles. The number of thiol groups is 1. The maximum absolute atomic E-state index is 13.7. The average Bonchev–Trinajstić information content (AvgIpc) is 2.68. The van der Waals surface area contributed by atoms with Crippen LogP contribution in [-0.4, -0.2) is 31.1 Å². The Morgan fingerprint density at radius 2 is 1.70 bits per heavy atom. The Morgan fingerprint density at radius 1 is 1.11 bits per heavy atom. The van der Waals surface area contributed by atoms with E-state index in [1.807, 2.05) is 44.2 Å². The molecular formula is C21H29NO3S2. The van der Waals surface area contributed by atoms with Gasteiger partial charge in [0.2, 0.25) is 10.0 Å². The van der Waals surface area contributed by atoms with Crippen LogP contribution in [0.2, 0.25) is 0 Å². The summed E-state index contributed by atoms with van der Waals surface area (Å²) in [5.41, 5.74) is 0.352. The van der Waals surface area contributed by atoms with Gasteiger partial charge in [-0.15, -0.1) is 0 Å². The molecule has 0 aliphatic heterocycles. The molecular weight excluding hydrogens is 378 g/mol. The lowest BCUT2D eigenvalue weighted by Crippen LogP contribution is -2.52. The van der Waals surface area contributed by atoms with E-state index >= 15 is 0 Å². The number of ether oxygens (including phenoxy) is 1. The van der Waals surface area contributed by atoms with Crippen molar-refractivity contribution < 1.29 is 13.2 Å². The number of hydrogen-bond donors (Lipinski definition) is 1. The highest BCUT2D eigenvalue weighted by Crippen LogP contribution is 2.38. The van der Waals surface area contributed by atoms with E-state index in [1.165, 1.54) is 0 Å². The maximum atomic E-state index is 13.7. The second-order valence-electron chi connectivity index (χ2n) is 6.97. The highest BCUT2D eigenvalue weighted by Gasteiger charge is 2.42. The standard InChI is InChI=1S/C21H29NO3S2/c1-5-15-21(3,16-26)22(17(2)18-9-7-6-8-10-18)27(23,24)20-13-11-19(25-4)12-14-20/h6-14,17,26H,5,15-16H2,1-4H3. The van der Waals surface area contributed by atoms with Crippen molar-refractivity contribution in [1.82, 2.24) is 4.31 Å². The highest BCUT2D eigenvalue weighted by molar-refractivity contribution is 7.89. The van der Waals surface area contributed by atoms with Gasteiger partial charge < -0.3 is 4.74 Å². The lowest BCUT2D eigenvalue weighted by Gasteiger charge is -2.43. The molecule has 2 unspecified atom stereocenters. The van der Waals surface area contributed by atoms with Gasteiger partial charge in [-0.05, 0) is 50.1 Å². The molecule has 0 amide bonds. The molecule has 27 heavy (non-hydrogen) atoms. The quantitative estimate of drug-likeness (QED) is 0.599. The first kappa shape index (κ1) is 21.8. The third-order valence-electron chi connectivity index (χ3n) is 4.91. The van der Waals surface area contributed by atoms with E-state index in [4.69, 9.17) is 4.74 Å². The van der Waals surface area contributed by atoms with Gasteiger partial charge in [-0.25, -0.2) is 8.42 Å². The van der Waals surface area contributed by atoms with Gasteiger partial charge in [-0.2, -0.15) is 16.9 Å². The Labute approximate surface area is 169 Å². The molecule has 0 bridgehead atoms. The molecule has 2 atom stereocenters. The summed E-state index contributed by atoms with van der Waals surface area (Å²) in [6, 6.07) is 16.0. The first-order valence-corrected chi connectivity index (χ1v) is 11.2. The van der Waals surface area contributed by atoms with Crippen molar-refractivity contribution in [1.29, 1.82) is 0 Å². The summed E-state index contributed by atoms with van der Waals surface area (Å²) in [6.45, 7) is 5.98. The van der Waals surface area contributed by atoms with Gasteiger partial charge in [0.05, 0.1) is 12.0 Å². The van der Waals surface area contributed by atoms with Crippen LogP contribution in [-0.2, 0) is 10.0 Å². The summed E-state index contributed by atoms with van der Waals surface area (Å²) >= 11 is 4.53. The molecule has 0 aliphatic carbocycles. The van der Waals surface area contributed by atoms with Crippen molar-refractivity contribution in [2.45, 2.75) is 50.1 Å². The van der Waals surface area contributed by atoms with Gasteiger partial charge in [-0.3, -0.25) is 0 Å². The number of rotatable bonds is 9. The van der Waals surface area contributed by atoms with Crippen LogP contribution in [0.3, 0.4) is 0 Å². The smallest absolute Gasteiger partial charge is 0.244 e. The SMILES string of the molecule is CCCC(C)(CS)N(C(C)c1ccccc1)S(=O)(=O)c1ccc(OC)cc1. The van der Waals surface area contributed by atoms with Gasteiger partial charge in [0.25, 0.3) is 0 Å². The first-order valence-electron chi connectivity index (χ1n) is 9.14. The molecule has 0 radical (unpaired) electrons. The third kappa shape index (κ3) is 4.68. The van der Waals surface area contributed by atoms with Gasteiger partial charge >= 0.3 is 0 Å². The summed E-state index contributed by atoms with van der Waals surface area (Å²) in [7, 11) is -2.17. The second-order valence-corrected chi connectivity index (χ2v) is 9.10. The Bertz CT molecular complexity index is 822. The van der Waals surface area contributed by atoms with Crippen molar-refractivity contribution in [2.75, 3.05) is 12.9 Å². The summed E-state index contributed by atoms with van der Waals surface area (Å²) in [5.74, 6) is 1.06. The summed E-state index contributed by atoms with van der Waals surface area (Å²) < 4.78 is 34.2. The van der Waals surface area contributed by atoms with Crippen molar-refractivity contribution in [3.8, 4) is 5.75 Å². The fourth-order valence-corrected chi connectivity index (χ4v) is 5.88. The van der Waals surface area contributed by atoms with E-state index in [1.54, 1.807) is 35.7 Å². The van der Waals surface area contributed by atoms with E-state index in [0.29, 0.717) is 11.5 Å². The maximum Gasteiger partial charge on any atom is 0.244 e. The lowest BCUT2D eigenvalue weighted by atomic mass is 9.95. The van der Waals surface area contributed by atoms with Crippen molar-refractivity contribution >= 4 is 22.7 Å². The molecule has 6 heteroatoms. The van der Waals surface area contributed by atoms with Crippen LogP contribution in [0.4, 0.5) is 0 Å². The molecule has 2 rings (SSSR count). The van der Waals surface area contributed by atoms with E-state index < -0.39 is 15.6 Å². The number of benzene rings is 2. The number of nitrogens with zero attached hydrogens (tertiary/aromatic N) is 1. The van der Waals surface area contributed by atoms with E-state index in [9.17, 15) is 8.42 Å². The molecule has 2 aromatic carbocycles. The molecule has 0 saturated heterocycles. The van der Waals surface area contributed by atoms with Gasteiger partial charge in [-0.1, -0.05) is 43.7 Å². The zero-order chi connectivity index (χ0) is 20.1. The average molecular weight is 408 g/mol. The van der Waals surface area contributed by atoms with Crippen LogP contribution in [0.1, 0.15) is 45.2 Å².